The SMILES string of the molecule is C1=C2c3c(c4ccccc4n3-c3ccccc3C23c2ccccc2-c2ccccc23)C2c3ccccc3-n3c(nc4ccccc43)C12. The predicted molar refractivity (Wildman–Crippen MR) is 189 cm³/mol. The number of para-hydroxylation sites is 5. The normalized spacial score (nSPS) is 18.5. The minimum absolute atomic E-state index is 0.0566. The molecule has 2 unspecified atom stereocenters. The zero-order valence-electron chi connectivity index (χ0n) is 25.4. The molecule has 47 heavy (non-hydrogen) atoms. The van der Waals surface area contributed by atoms with Gasteiger partial charge in [-0.1, -0.05) is 121 Å². The van der Waals surface area contributed by atoms with Crippen molar-refractivity contribution in [3.05, 3.63) is 191 Å². The molecule has 3 nitrogen and oxygen atoms in total. The first kappa shape index (κ1) is 24.3. The maximum Gasteiger partial charge on any atom is 0.122 e. The quantitative estimate of drug-likeness (QED) is 0.171. The summed E-state index contributed by atoms with van der Waals surface area (Å²) >= 11 is 0. The smallest absolute Gasteiger partial charge is 0.122 e. The molecule has 4 heterocycles. The number of hydrogen-bond donors (Lipinski definition) is 0. The number of benzene rings is 6. The molecule has 0 radical (unpaired) electrons. The van der Waals surface area contributed by atoms with Crippen molar-refractivity contribution in [1.82, 2.24) is 14.1 Å². The van der Waals surface area contributed by atoms with Crippen molar-refractivity contribution < 1.29 is 0 Å². The van der Waals surface area contributed by atoms with Gasteiger partial charge in [0.25, 0.3) is 0 Å². The van der Waals surface area contributed by atoms with Crippen LogP contribution in [0.3, 0.4) is 0 Å². The second-order valence-electron chi connectivity index (χ2n) is 13.4. The Kier molecular flexibility index (Phi) is 4.27. The highest BCUT2D eigenvalue weighted by Gasteiger charge is 2.56. The summed E-state index contributed by atoms with van der Waals surface area (Å²) in [4.78, 5) is 5.44. The molecular formula is C44H27N3. The molecule has 218 valence electrons. The molecule has 2 atom stereocenters. The molecule has 6 aromatic carbocycles. The van der Waals surface area contributed by atoms with Gasteiger partial charge in [-0.15, -0.1) is 0 Å². The Balaban J connectivity index is 1.32. The van der Waals surface area contributed by atoms with Crippen molar-refractivity contribution in [1.29, 1.82) is 0 Å². The van der Waals surface area contributed by atoms with Crippen LogP contribution in [0, 0.1) is 0 Å². The molecule has 0 fully saturated rings. The van der Waals surface area contributed by atoms with E-state index in [1.807, 2.05) is 0 Å². The van der Waals surface area contributed by atoms with Gasteiger partial charge in [0.1, 0.15) is 5.82 Å². The van der Waals surface area contributed by atoms with Crippen molar-refractivity contribution in [3.8, 4) is 22.5 Å². The summed E-state index contributed by atoms with van der Waals surface area (Å²) in [5.41, 5.74) is 17.8. The first-order chi connectivity index (χ1) is 23.4. The summed E-state index contributed by atoms with van der Waals surface area (Å²) in [6.45, 7) is 0. The summed E-state index contributed by atoms with van der Waals surface area (Å²) in [7, 11) is 0. The molecular weight excluding hydrogens is 571 g/mol. The lowest BCUT2D eigenvalue weighted by Crippen LogP contribution is -2.38. The second-order valence-corrected chi connectivity index (χ2v) is 13.4. The van der Waals surface area contributed by atoms with Gasteiger partial charge < -0.3 is 4.57 Å². The van der Waals surface area contributed by atoms with Crippen molar-refractivity contribution in [2.75, 3.05) is 0 Å². The van der Waals surface area contributed by atoms with E-state index in [0.29, 0.717) is 0 Å². The molecule has 3 heteroatoms. The van der Waals surface area contributed by atoms with Gasteiger partial charge in [0.2, 0.25) is 0 Å². The first-order valence-corrected chi connectivity index (χ1v) is 16.6. The summed E-state index contributed by atoms with van der Waals surface area (Å²) < 4.78 is 5.02. The Morgan fingerprint density at radius 3 is 1.96 bits per heavy atom. The minimum atomic E-state index is -0.457. The maximum absolute atomic E-state index is 5.44. The van der Waals surface area contributed by atoms with Crippen LogP contribution in [0.15, 0.2) is 152 Å². The monoisotopic (exact) mass is 597 g/mol. The fourth-order valence-electron chi connectivity index (χ4n) is 9.93. The lowest BCUT2D eigenvalue weighted by molar-refractivity contribution is 0.611. The van der Waals surface area contributed by atoms with E-state index >= 15 is 0 Å². The van der Waals surface area contributed by atoms with E-state index in [4.69, 9.17) is 4.98 Å². The number of rotatable bonds is 0. The van der Waals surface area contributed by atoms with Gasteiger partial charge in [0, 0.05) is 17.2 Å². The van der Waals surface area contributed by atoms with Crippen molar-refractivity contribution in [2.24, 2.45) is 0 Å². The summed E-state index contributed by atoms with van der Waals surface area (Å²) in [6.07, 6.45) is 2.63. The van der Waals surface area contributed by atoms with Gasteiger partial charge in [-0.2, -0.15) is 0 Å². The summed E-state index contributed by atoms with van der Waals surface area (Å²) in [5.74, 6) is 1.31. The largest absolute Gasteiger partial charge is 0.309 e. The number of nitrogens with zero attached hydrogens (tertiary/aromatic N) is 3. The van der Waals surface area contributed by atoms with Gasteiger partial charge in [0.05, 0.1) is 39.0 Å². The van der Waals surface area contributed by atoms with E-state index in [1.54, 1.807) is 0 Å². The van der Waals surface area contributed by atoms with E-state index in [0.717, 1.165) is 11.3 Å². The van der Waals surface area contributed by atoms with Crippen LogP contribution >= 0.6 is 0 Å². The first-order valence-electron chi connectivity index (χ1n) is 16.6. The Bertz CT molecular complexity index is 2670. The minimum Gasteiger partial charge on any atom is -0.309 e. The lowest BCUT2D eigenvalue weighted by atomic mass is 9.59. The lowest BCUT2D eigenvalue weighted by Gasteiger charge is -2.46. The molecule has 0 bridgehead atoms. The van der Waals surface area contributed by atoms with Crippen LogP contribution in [-0.2, 0) is 5.41 Å². The van der Waals surface area contributed by atoms with Crippen LogP contribution in [0.4, 0.5) is 0 Å². The number of fused-ring (bicyclic) bond motifs is 21. The zero-order valence-corrected chi connectivity index (χ0v) is 25.4. The van der Waals surface area contributed by atoms with E-state index in [9.17, 15) is 0 Å². The van der Waals surface area contributed by atoms with Gasteiger partial charge in [-0.3, -0.25) is 4.57 Å². The standard InChI is InChI=1S/C44H27N3/c1-5-17-31-26(13-1)27-14-2-6-18-32(27)44(31)33-19-7-11-23-38(33)46-36-21-9-4-16-29(36)41-40-28-15-3-10-22-37(28)47-39-24-12-8-20-35(39)45-43(47)30(40)25-34(44)42(41)46/h1-25,30,40H. The molecule has 8 aromatic rings. The Morgan fingerprint density at radius 1 is 0.532 bits per heavy atom. The molecule has 0 saturated heterocycles. The average molecular weight is 598 g/mol. The fourth-order valence-corrected chi connectivity index (χ4v) is 9.93. The van der Waals surface area contributed by atoms with Crippen LogP contribution in [0.2, 0.25) is 0 Å². The van der Waals surface area contributed by atoms with E-state index in [-0.39, 0.29) is 11.8 Å². The van der Waals surface area contributed by atoms with Gasteiger partial charge >= 0.3 is 0 Å². The Labute approximate surface area is 271 Å². The third-order valence-electron chi connectivity index (χ3n) is 11.5. The van der Waals surface area contributed by atoms with Crippen LogP contribution < -0.4 is 0 Å². The summed E-state index contributed by atoms with van der Waals surface area (Å²) in [5, 5.41) is 1.33. The maximum atomic E-state index is 5.44. The molecule has 2 aliphatic heterocycles. The van der Waals surface area contributed by atoms with Crippen LogP contribution in [0.5, 0.6) is 0 Å². The molecule has 2 aliphatic carbocycles. The third kappa shape index (κ3) is 2.65. The number of imidazole rings is 1. The van der Waals surface area contributed by atoms with Crippen molar-refractivity contribution >= 4 is 27.5 Å². The fraction of sp³-hybridized carbons (Fsp3) is 0.0682. The number of allylic oxidation sites excluding steroid dienone is 2. The van der Waals surface area contributed by atoms with Crippen molar-refractivity contribution in [2.45, 2.75) is 17.3 Å². The topological polar surface area (TPSA) is 22.8 Å². The number of hydrogen-bond acceptors (Lipinski definition) is 1. The van der Waals surface area contributed by atoms with E-state index in [1.165, 1.54) is 78.0 Å². The highest BCUT2D eigenvalue weighted by atomic mass is 15.1. The van der Waals surface area contributed by atoms with Crippen LogP contribution in [0.1, 0.15) is 51.2 Å². The molecule has 4 aliphatic rings. The second kappa shape index (κ2) is 8.26. The Hall–Kier alpha value is -5.93. The zero-order chi connectivity index (χ0) is 30.4. The van der Waals surface area contributed by atoms with E-state index < -0.39 is 5.41 Å². The van der Waals surface area contributed by atoms with Crippen LogP contribution in [0.25, 0.3) is 50.0 Å². The molecule has 1 spiro atoms. The summed E-state index contributed by atoms with van der Waals surface area (Å²) in [6, 6.07) is 54.1. The Morgan fingerprint density at radius 2 is 1.15 bits per heavy atom. The third-order valence-corrected chi connectivity index (χ3v) is 11.5. The highest BCUT2D eigenvalue weighted by Crippen LogP contribution is 2.66. The predicted octanol–water partition coefficient (Wildman–Crippen LogP) is 9.92. The van der Waals surface area contributed by atoms with Gasteiger partial charge in [0.15, 0.2) is 0 Å². The van der Waals surface area contributed by atoms with Crippen LogP contribution in [-0.4, -0.2) is 14.1 Å². The molecule has 2 aromatic heterocycles. The average Bonchev–Trinajstić information content (AvgIpc) is 3.79. The van der Waals surface area contributed by atoms with Gasteiger partial charge in [-0.25, -0.2) is 4.98 Å². The molecule has 0 saturated carbocycles. The van der Waals surface area contributed by atoms with Crippen molar-refractivity contribution in [3.63, 3.8) is 0 Å². The van der Waals surface area contributed by atoms with Gasteiger partial charge in [-0.05, 0) is 74.8 Å². The highest BCUT2D eigenvalue weighted by molar-refractivity contribution is 6.05. The number of aromatic nitrogens is 3. The molecule has 0 amide bonds. The van der Waals surface area contributed by atoms with E-state index in [2.05, 4.69) is 161 Å². The molecule has 12 rings (SSSR count). The molecule has 0 N–H and O–H groups in total.